The van der Waals surface area contributed by atoms with Gasteiger partial charge in [0, 0.05) is 38.0 Å². The van der Waals surface area contributed by atoms with Crippen LogP contribution in [0.1, 0.15) is 51.4 Å². The molecule has 38 heavy (non-hydrogen) atoms. The monoisotopic (exact) mass is 524 g/mol. The van der Waals surface area contributed by atoms with Crippen molar-refractivity contribution in [1.29, 1.82) is 0 Å². The molecule has 1 N–H and O–H groups in total. The molecule has 198 valence electrons. The van der Waals surface area contributed by atoms with Crippen molar-refractivity contribution in [2.24, 2.45) is 0 Å². The minimum atomic E-state index is -0.981. The van der Waals surface area contributed by atoms with E-state index < -0.39 is 34.5 Å². The normalized spacial score (nSPS) is 17.1. The van der Waals surface area contributed by atoms with E-state index in [0.717, 1.165) is 25.0 Å². The Bertz CT molecular complexity index is 1420. The molecule has 1 fully saturated rings. The summed E-state index contributed by atoms with van der Waals surface area (Å²) in [6, 6.07) is 8.44. The van der Waals surface area contributed by atoms with E-state index >= 15 is 0 Å². The SMILES string of the molecule is O=C(CCc1ccc(F)cc1F)c1cn2c(c(O)c1=O)C(=O)N(CC1CCCO1)CN2Cc1ccccn1. The van der Waals surface area contributed by atoms with Crippen LogP contribution in [0.4, 0.5) is 8.78 Å². The Kier molecular flexibility index (Phi) is 7.19. The Morgan fingerprint density at radius 3 is 2.74 bits per heavy atom. The van der Waals surface area contributed by atoms with E-state index in [2.05, 4.69) is 4.98 Å². The number of carbonyl (C=O) groups is 2. The quantitative estimate of drug-likeness (QED) is 0.452. The summed E-state index contributed by atoms with van der Waals surface area (Å²) in [5.74, 6) is -3.56. The number of benzene rings is 1. The van der Waals surface area contributed by atoms with Crippen LogP contribution in [-0.2, 0) is 17.7 Å². The summed E-state index contributed by atoms with van der Waals surface area (Å²) >= 11 is 0. The Hall–Kier alpha value is -4.12. The number of nitrogens with zero attached hydrogens (tertiary/aromatic N) is 4. The molecule has 3 aromatic rings. The van der Waals surface area contributed by atoms with Gasteiger partial charge in [0.1, 0.15) is 18.3 Å². The molecule has 2 aliphatic rings. The molecule has 0 aliphatic carbocycles. The van der Waals surface area contributed by atoms with Gasteiger partial charge in [-0.3, -0.25) is 29.1 Å². The fourth-order valence-corrected chi connectivity index (χ4v) is 4.78. The average molecular weight is 525 g/mol. The highest BCUT2D eigenvalue weighted by Gasteiger charge is 2.36. The second kappa shape index (κ2) is 10.7. The van der Waals surface area contributed by atoms with E-state index in [-0.39, 0.29) is 55.5 Å². The number of carbonyl (C=O) groups excluding carboxylic acids is 2. The lowest BCUT2D eigenvalue weighted by molar-refractivity contribution is 0.0455. The molecule has 1 unspecified atom stereocenters. The van der Waals surface area contributed by atoms with Crippen LogP contribution in [0.25, 0.3) is 0 Å². The smallest absolute Gasteiger partial charge is 0.277 e. The molecule has 5 rings (SSSR count). The zero-order valence-electron chi connectivity index (χ0n) is 20.5. The first kappa shape index (κ1) is 25.5. The fraction of sp³-hybridized carbons (Fsp3) is 0.333. The second-order valence-corrected chi connectivity index (χ2v) is 9.36. The highest BCUT2D eigenvalue weighted by Crippen LogP contribution is 2.25. The van der Waals surface area contributed by atoms with E-state index in [0.29, 0.717) is 12.3 Å². The standard InChI is InChI=1S/C27H26F2N4O5/c28-18-8-6-17(22(29)12-18)7-9-23(34)21-15-33-24(26(36)25(21)35)27(37)31(14-20-5-3-11-38-20)16-32(33)13-19-4-1-2-10-30-19/h1-2,4,6,8,10,12,15,20,36H,3,5,7,9,11,13-14,16H2. The van der Waals surface area contributed by atoms with Crippen molar-refractivity contribution >= 4 is 11.7 Å². The van der Waals surface area contributed by atoms with Gasteiger partial charge in [-0.05, 0) is 43.0 Å². The number of amides is 1. The third kappa shape index (κ3) is 5.14. The number of Topliss-reactive ketones (excluding diaryl/α,β-unsaturated/α-hetero) is 1. The van der Waals surface area contributed by atoms with Gasteiger partial charge in [-0.15, -0.1) is 0 Å². The van der Waals surface area contributed by atoms with Crippen LogP contribution in [0.2, 0.25) is 0 Å². The molecule has 1 atom stereocenters. The van der Waals surface area contributed by atoms with Gasteiger partial charge in [0.25, 0.3) is 5.91 Å². The number of pyridine rings is 2. The van der Waals surface area contributed by atoms with Gasteiger partial charge in [0.15, 0.2) is 17.2 Å². The third-order valence-electron chi connectivity index (χ3n) is 6.75. The zero-order chi connectivity index (χ0) is 26.8. The first-order valence-electron chi connectivity index (χ1n) is 12.3. The first-order valence-corrected chi connectivity index (χ1v) is 12.3. The van der Waals surface area contributed by atoms with Crippen molar-refractivity contribution in [3.05, 3.63) is 93.2 Å². The van der Waals surface area contributed by atoms with Crippen LogP contribution in [-0.4, -0.2) is 57.3 Å². The van der Waals surface area contributed by atoms with Crippen LogP contribution in [0.15, 0.2) is 53.6 Å². The van der Waals surface area contributed by atoms with E-state index in [9.17, 15) is 28.3 Å². The number of hydrogen-bond acceptors (Lipinski definition) is 7. The molecule has 11 heteroatoms. The lowest BCUT2D eigenvalue weighted by Gasteiger charge is -2.40. The molecule has 2 aromatic heterocycles. The number of ether oxygens (including phenoxy) is 1. The van der Waals surface area contributed by atoms with Gasteiger partial charge in [0.05, 0.1) is 23.9 Å². The van der Waals surface area contributed by atoms with Crippen molar-refractivity contribution in [1.82, 2.24) is 14.6 Å². The first-order chi connectivity index (χ1) is 18.3. The summed E-state index contributed by atoms with van der Waals surface area (Å²) in [5, 5.41) is 12.6. The second-order valence-electron chi connectivity index (χ2n) is 9.36. The number of aromatic hydroxyl groups is 1. The van der Waals surface area contributed by atoms with E-state index in [4.69, 9.17) is 4.74 Å². The topological polar surface area (TPSA) is 105 Å². The van der Waals surface area contributed by atoms with Crippen molar-refractivity contribution < 1.29 is 28.2 Å². The van der Waals surface area contributed by atoms with Gasteiger partial charge in [0.2, 0.25) is 5.43 Å². The van der Waals surface area contributed by atoms with Gasteiger partial charge in [-0.1, -0.05) is 12.1 Å². The van der Waals surface area contributed by atoms with Crippen LogP contribution in [0.3, 0.4) is 0 Å². The molecule has 0 radical (unpaired) electrons. The van der Waals surface area contributed by atoms with Crippen molar-refractivity contribution in [3.63, 3.8) is 0 Å². The van der Waals surface area contributed by atoms with E-state index in [1.807, 2.05) is 6.07 Å². The molecule has 4 heterocycles. The molecule has 9 nitrogen and oxygen atoms in total. The van der Waals surface area contributed by atoms with Gasteiger partial charge < -0.3 is 14.7 Å². The Morgan fingerprint density at radius 1 is 1.18 bits per heavy atom. The summed E-state index contributed by atoms with van der Waals surface area (Å²) in [6.45, 7) is 1.23. The number of ketones is 1. The molecule has 0 saturated carbocycles. The van der Waals surface area contributed by atoms with Gasteiger partial charge in [-0.2, -0.15) is 0 Å². The Morgan fingerprint density at radius 2 is 2.03 bits per heavy atom. The highest BCUT2D eigenvalue weighted by molar-refractivity contribution is 6.00. The maximum atomic E-state index is 14.0. The largest absolute Gasteiger partial charge is 0.502 e. The molecule has 0 bridgehead atoms. The molecular formula is C27H26F2N4O5. The van der Waals surface area contributed by atoms with Crippen LogP contribution in [0.5, 0.6) is 5.75 Å². The lowest BCUT2D eigenvalue weighted by Crippen LogP contribution is -2.55. The average Bonchev–Trinajstić information content (AvgIpc) is 3.41. The number of halogens is 2. The van der Waals surface area contributed by atoms with Crippen LogP contribution < -0.4 is 10.4 Å². The Balaban J connectivity index is 1.47. The molecular weight excluding hydrogens is 498 g/mol. The zero-order valence-corrected chi connectivity index (χ0v) is 20.5. The number of aryl methyl sites for hydroxylation is 1. The number of aromatic nitrogens is 2. The molecule has 1 amide bonds. The van der Waals surface area contributed by atoms with E-state index in [1.165, 1.54) is 21.8 Å². The van der Waals surface area contributed by atoms with Crippen molar-refractivity contribution in [3.8, 4) is 5.75 Å². The predicted molar refractivity (Wildman–Crippen MR) is 132 cm³/mol. The molecule has 1 saturated heterocycles. The fourth-order valence-electron chi connectivity index (χ4n) is 4.78. The minimum Gasteiger partial charge on any atom is -0.502 e. The summed E-state index contributed by atoms with van der Waals surface area (Å²) in [5.41, 5.74) is -0.774. The lowest BCUT2D eigenvalue weighted by atomic mass is 10.0. The van der Waals surface area contributed by atoms with Crippen molar-refractivity contribution in [2.45, 2.75) is 38.3 Å². The Labute approximate surface area is 216 Å². The maximum absolute atomic E-state index is 14.0. The summed E-state index contributed by atoms with van der Waals surface area (Å²) in [7, 11) is 0. The molecule has 0 spiro atoms. The van der Waals surface area contributed by atoms with Crippen LogP contribution >= 0.6 is 0 Å². The minimum absolute atomic E-state index is 0.0708. The van der Waals surface area contributed by atoms with Crippen LogP contribution in [0, 0.1) is 11.6 Å². The molecule has 1 aromatic carbocycles. The predicted octanol–water partition coefficient (Wildman–Crippen LogP) is 2.77. The summed E-state index contributed by atoms with van der Waals surface area (Å²) < 4.78 is 34.2. The van der Waals surface area contributed by atoms with Crippen molar-refractivity contribution in [2.75, 3.05) is 24.8 Å². The van der Waals surface area contributed by atoms with Gasteiger partial charge >= 0.3 is 0 Å². The van der Waals surface area contributed by atoms with E-state index in [1.54, 1.807) is 23.3 Å². The maximum Gasteiger partial charge on any atom is 0.277 e. The summed E-state index contributed by atoms with van der Waals surface area (Å²) in [4.78, 5) is 45.3. The number of fused-ring (bicyclic) bond motifs is 1. The summed E-state index contributed by atoms with van der Waals surface area (Å²) in [6.07, 6.45) is 4.08. The highest BCUT2D eigenvalue weighted by atomic mass is 19.1. The van der Waals surface area contributed by atoms with Gasteiger partial charge in [-0.25, -0.2) is 8.78 Å². The number of hydrogen-bond donors (Lipinski definition) is 1. The number of rotatable bonds is 8. The third-order valence-corrected chi connectivity index (χ3v) is 6.75. The molecule has 2 aliphatic heterocycles.